The molecule has 0 atom stereocenters. The van der Waals surface area contributed by atoms with E-state index in [1.165, 1.54) is 0 Å². The molecule has 0 saturated heterocycles. The van der Waals surface area contributed by atoms with Gasteiger partial charge in [0.1, 0.15) is 0 Å². The minimum atomic E-state index is 0.777. The second-order valence-electron chi connectivity index (χ2n) is 4.16. The normalized spacial score (nSPS) is 11.6. The molecule has 0 aliphatic rings. The molecule has 0 saturated carbocycles. The van der Waals surface area contributed by atoms with Crippen molar-refractivity contribution in [1.29, 1.82) is 0 Å². The first kappa shape index (κ1) is 15.6. The Bertz CT molecular complexity index is 335. The Kier molecular flexibility index (Phi) is 8.55. The number of hydrogen-bond acceptors (Lipinski definition) is 2. The number of hydrogen-bond donors (Lipinski definition) is 2. The SMILES string of the molecule is CCNC(=NCCCOCC)NCCn1cccc1. The monoisotopic (exact) mass is 266 g/mol. The van der Waals surface area contributed by atoms with Crippen LogP contribution in [-0.4, -0.2) is 43.4 Å². The van der Waals surface area contributed by atoms with Crippen molar-refractivity contribution in [2.75, 3.05) is 32.8 Å². The first-order valence-electron chi connectivity index (χ1n) is 7.07. The predicted molar refractivity (Wildman–Crippen MR) is 79.5 cm³/mol. The summed E-state index contributed by atoms with van der Waals surface area (Å²) >= 11 is 0. The van der Waals surface area contributed by atoms with Gasteiger partial charge in [-0.1, -0.05) is 0 Å². The summed E-state index contributed by atoms with van der Waals surface area (Å²) in [5, 5.41) is 6.57. The molecule has 1 heterocycles. The van der Waals surface area contributed by atoms with Gasteiger partial charge in [0.15, 0.2) is 5.96 Å². The molecule has 0 aliphatic heterocycles. The Hall–Kier alpha value is -1.49. The van der Waals surface area contributed by atoms with Crippen molar-refractivity contribution in [2.24, 2.45) is 4.99 Å². The van der Waals surface area contributed by atoms with E-state index >= 15 is 0 Å². The zero-order valence-electron chi connectivity index (χ0n) is 12.1. The number of aromatic nitrogens is 1. The Labute approximate surface area is 116 Å². The number of nitrogens with one attached hydrogen (secondary N) is 2. The van der Waals surface area contributed by atoms with Gasteiger partial charge >= 0.3 is 0 Å². The van der Waals surface area contributed by atoms with Crippen LogP contribution in [0.15, 0.2) is 29.5 Å². The number of rotatable bonds is 9. The Morgan fingerprint density at radius 1 is 1.21 bits per heavy atom. The molecule has 2 N–H and O–H groups in total. The molecule has 0 spiro atoms. The molecule has 0 radical (unpaired) electrons. The number of nitrogens with zero attached hydrogens (tertiary/aromatic N) is 2. The fraction of sp³-hybridized carbons (Fsp3) is 0.643. The van der Waals surface area contributed by atoms with Gasteiger partial charge in [-0.3, -0.25) is 4.99 Å². The van der Waals surface area contributed by atoms with Gasteiger partial charge in [0, 0.05) is 51.8 Å². The summed E-state index contributed by atoms with van der Waals surface area (Å²) in [4.78, 5) is 4.51. The lowest BCUT2D eigenvalue weighted by molar-refractivity contribution is 0.146. The molecule has 5 heteroatoms. The van der Waals surface area contributed by atoms with Crippen LogP contribution in [0.4, 0.5) is 0 Å². The fourth-order valence-electron chi connectivity index (χ4n) is 1.67. The molecule has 0 fully saturated rings. The van der Waals surface area contributed by atoms with Gasteiger partial charge < -0.3 is 19.9 Å². The molecule has 0 aliphatic carbocycles. The number of aliphatic imine (C=N–C) groups is 1. The first-order chi connectivity index (χ1) is 9.36. The number of guanidine groups is 1. The van der Waals surface area contributed by atoms with Gasteiger partial charge in [-0.2, -0.15) is 0 Å². The lowest BCUT2D eigenvalue weighted by atomic mass is 10.4. The second kappa shape index (κ2) is 10.4. The third-order valence-electron chi connectivity index (χ3n) is 2.59. The first-order valence-corrected chi connectivity index (χ1v) is 7.07. The lowest BCUT2D eigenvalue weighted by Gasteiger charge is -2.11. The summed E-state index contributed by atoms with van der Waals surface area (Å²) in [5.41, 5.74) is 0. The van der Waals surface area contributed by atoms with Crippen LogP contribution >= 0.6 is 0 Å². The molecule has 1 aromatic rings. The molecule has 0 unspecified atom stereocenters. The molecule has 0 amide bonds. The van der Waals surface area contributed by atoms with Gasteiger partial charge in [-0.25, -0.2) is 0 Å². The standard InChI is InChI=1S/C14H26N4O/c1-3-15-14(16-8-7-13-19-4-2)17-9-12-18-10-5-6-11-18/h5-6,10-11H,3-4,7-9,12-13H2,1-2H3,(H2,15,16,17). The van der Waals surface area contributed by atoms with Crippen molar-refractivity contribution in [3.63, 3.8) is 0 Å². The van der Waals surface area contributed by atoms with E-state index in [1.54, 1.807) is 0 Å². The summed E-state index contributed by atoms with van der Waals surface area (Å²) in [7, 11) is 0. The molecule has 1 aromatic heterocycles. The molecule has 1 rings (SSSR count). The molecular formula is C14H26N4O. The highest BCUT2D eigenvalue weighted by atomic mass is 16.5. The zero-order valence-corrected chi connectivity index (χ0v) is 12.1. The van der Waals surface area contributed by atoms with Crippen molar-refractivity contribution in [1.82, 2.24) is 15.2 Å². The Morgan fingerprint density at radius 3 is 2.68 bits per heavy atom. The fourth-order valence-corrected chi connectivity index (χ4v) is 1.67. The summed E-state index contributed by atoms with van der Waals surface area (Å²) in [6.07, 6.45) is 5.09. The predicted octanol–water partition coefficient (Wildman–Crippen LogP) is 1.47. The highest BCUT2D eigenvalue weighted by molar-refractivity contribution is 5.79. The summed E-state index contributed by atoms with van der Waals surface area (Å²) < 4.78 is 7.44. The van der Waals surface area contributed by atoms with Crippen LogP contribution in [0.2, 0.25) is 0 Å². The maximum atomic E-state index is 5.29. The molecular weight excluding hydrogens is 240 g/mol. The third kappa shape index (κ3) is 7.51. The summed E-state index contributed by atoms with van der Waals surface area (Å²) in [5.74, 6) is 0.881. The number of ether oxygens (including phenoxy) is 1. The molecule has 0 aromatic carbocycles. The van der Waals surface area contributed by atoms with Gasteiger partial charge in [-0.05, 0) is 32.4 Å². The van der Waals surface area contributed by atoms with Gasteiger partial charge in [0.2, 0.25) is 0 Å². The van der Waals surface area contributed by atoms with Crippen LogP contribution < -0.4 is 10.6 Å². The Balaban J connectivity index is 2.20. The van der Waals surface area contributed by atoms with Crippen molar-refractivity contribution >= 4 is 5.96 Å². The van der Waals surface area contributed by atoms with Crippen LogP contribution in [0.5, 0.6) is 0 Å². The molecule has 108 valence electrons. The molecule has 0 bridgehead atoms. The minimum absolute atomic E-state index is 0.777. The van der Waals surface area contributed by atoms with E-state index < -0.39 is 0 Å². The van der Waals surface area contributed by atoms with E-state index in [1.807, 2.05) is 19.1 Å². The average molecular weight is 266 g/mol. The van der Waals surface area contributed by atoms with E-state index in [-0.39, 0.29) is 0 Å². The average Bonchev–Trinajstić information content (AvgIpc) is 2.91. The highest BCUT2D eigenvalue weighted by Crippen LogP contribution is 1.88. The van der Waals surface area contributed by atoms with Crippen molar-refractivity contribution in [3.05, 3.63) is 24.5 Å². The van der Waals surface area contributed by atoms with E-state index in [2.05, 4.69) is 39.5 Å². The van der Waals surface area contributed by atoms with Crippen LogP contribution in [0.3, 0.4) is 0 Å². The van der Waals surface area contributed by atoms with E-state index in [9.17, 15) is 0 Å². The topological polar surface area (TPSA) is 50.6 Å². The maximum Gasteiger partial charge on any atom is 0.191 e. The third-order valence-corrected chi connectivity index (χ3v) is 2.59. The Morgan fingerprint density at radius 2 is 2.00 bits per heavy atom. The lowest BCUT2D eigenvalue weighted by Crippen LogP contribution is -2.38. The van der Waals surface area contributed by atoms with Crippen LogP contribution in [0.25, 0.3) is 0 Å². The zero-order chi connectivity index (χ0) is 13.8. The van der Waals surface area contributed by atoms with Crippen molar-refractivity contribution < 1.29 is 4.74 Å². The van der Waals surface area contributed by atoms with Gasteiger partial charge in [0.05, 0.1) is 0 Å². The summed E-state index contributed by atoms with van der Waals surface area (Å²) in [6, 6.07) is 4.07. The smallest absolute Gasteiger partial charge is 0.191 e. The van der Waals surface area contributed by atoms with E-state index in [0.29, 0.717) is 0 Å². The van der Waals surface area contributed by atoms with E-state index in [4.69, 9.17) is 4.74 Å². The van der Waals surface area contributed by atoms with Crippen molar-refractivity contribution in [2.45, 2.75) is 26.8 Å². The highest BCUT2D eigenvalue weighted by Gasteiger charge is 1.96. The van der Waals surface area contributed by atoms with Gasteiger partial charge in [-0.15, -0.1) is 0 Å². The van der Waals surface area contributed by atoms with Crippen LogP contribution in [0.1, 0.15) is 20.3 Å². The second-order valence-corrected chi connectivity index (χ2v) is 4.16. The molecule has 19 heavy (non-hydrogen) atoms. The van der Waals surface area contributed by atoms with Crippen LogP contribution in [0, 0.1) is 0 Å². The maximum absolute atomic E-state index is 5.29. The van der Waals surface area contributed by atoms with E-state index in [0.717, 1.165) is 51.8 Å². The minimum Gasteiger partial charge on any atom is -0.382 e. The van der Waals surface area contributed by atoms with Gasteiger partial charge in [0.25, 0.3) is 0 Å². The van der Waals surface area contributed by atoms with Crippen LogP contribution in [-0.2, 0) is 11.3 Å². The summed E-state index contributed by atoms with van der Waals surface area (Å²) in [6.45, 7) is 9.11. The molecule has 5 nitrogen and oxygen atoms in total. The van der Waals surface area contributed by atoms with Crippen molar-refractivity contribution in [3.8, 4) is 0 Å². The quantitative estimate of drug-likeness (QED) is 0.404. The largest absolute Gasteiger partial charge is 0.382 e.